The van der Waals surface area contributed by atoms with Crippen molar-refractivity contribution in [2.24, 2.45) is 5.73 Å². The summed E-state index contributed by atoms with van der Waals surface area (Å²) in [6, 6.07) is 13.1. The number of ether oxygens (including phenoxy) is 3. The zero-order valence-corrected chi connectivity index (χ0v) is 19.8. The predicted molar refractivity (Wildman–Crippen MR) is 125 cm³/mol. The predicted octanol–water partition coefficient (Wildman–Crippen LogP) is 4.14. The lowest BCUT2D eigenvalue weighted by Crippen LogP contribution is -2.40. The number of anilines is 1. The van der Waals surface area contributed by atoms with Crippen LogP contribution in [0, 0.1) is 11.3 Å². The molecule has 37 heavy (non-hydrogen) atoms. The molecule has 192 valence electrons. The van der Waals surface area contributed by atoms with Crippen LogP contribution in [0.2, 0.25) is 0 Å². The maximum absolute atomic E-state index is 13.8. The van der Waals surface area contributed by atoms with Crippen LogP contribution in [0.5, 0.6) is 5.75 Å². The zero-order chi connectivity index (χ0) is 26.9. The third kappa shape index (κ3) is 4.95. The van der Waals surface area contributed by atoms with Gasteiger partial charge >= 0.3 is 18.1 Å². The second kappa shape index (κ2) is 9.89. The SMILES string of the molecule is COC(=O)C1=C(C(=O)OC)N(c2cc(OC3CC3)cc(C(F)(F)F)c2)C(N)=C(C#N)C1c1ccccc1. The lowest BCUT2D eigenvalue weighted by Gasteiger charge is -2.36. The lowest BCUT2D eigenvalue weighted by molar-refractivity contribution is -0.139. The molecule has 8 nitrogen and oxygen atoms in total. The molecule has 0 spiro atoms. The van der Waals surface area contributed by atoms with Gasteiger partial charge in [-0.1, -0.05) is 30.3 Å². The van der Waals surface area contributed by atoms with Gasteiger partial charge in [0.25, 0.3) is 0 Å². The quantitative estimate of drug-likeness (QED) is 0.573. The van der Waals surface area contributed by atoms with Crippen LogP contribution < -0.4 is 15.4 Å². The van der Waals surface area contributed by atoms with Gasteiger partial charge in [0, 0.05) is 6.07 Å². The van der Waals surface area contributed by atoms with Gasteiger partial charge in [-0.2, -0.15) is 18.4 Å². The Hall–Kier alpha value is -4.46. The summed E-state index contributed by atoms with van der Waals surface area (Å²) in [5.41, 5.74) is 4.54. The number of nitrogens with two attached hydrogens (primary N) is 1. The molecule has 1 heterocycles. The molecule has 0 aromatic heterocycles. The summed E-state index contributed by atoms with van der Waals surface area (Å²) in [6.45, 7) is 0. The van der Waals surface area contributed by atoms with E-state index in [1.54, 1.807) is 30.3 Å². The molecule has 1 fully saturated rings. The Morgan fingerprint density at radius 3 is 2.24 bits per heavy atom. The first-order valence-electron chi connectivity index (χ1n) is 11.1. The zero-order valence-electron chi connectivity index (χ0n) is 19.8. The average molecular weight is 513 g/mol. The standard InChI is InChI=1S/C26H22F3N3O5/c1-35-24(33)21-20(14-6-4-3-5-7-14)19(13-30)23(31)32(22(21)25(34)36-2)16-10-15(26(27,28)29)11-18(12-16)37-17-8-9-17/h3-7,10-12,17,20H,8-9,31H2,1-2H3. The molecule has 2 aromatic rings. The molecular formula is C26H22F3N3O5. The molecular weight excluding hydrogens is 491 g/mol. The van der Waals surface area contributed by atoms with Crippen LogP contribution in [0.15, 0.2) is 71.2 Å². The number of carbonyl (C=O) groups excluding carboxylic acids is 2. The molecule has 11 heteroatoms. The van der Waals surface area contributed by atoms with Gasteiger partial charge in [0.2, 0.25) is 0 Å². The van der Waals surface area contributed by atoms with Gasteiger partial charge in [0.15, 0.2) is 0 Å². The Balaban J connectivity index is 2.04. The van der Waals surface area contributed by atoms with E-state index in [9.17, 15) is 28.0 Å². The fourth-order valence-electron chi connectivity index (χ4n) is 4.10. The fourth-order valence-corrected chi connectivity index (χ4v) is 4.10. The summed E-state index contributed by atoms with van der Waals surface area (Å²) >= 11 is 0. The normalized spacial score (nSPS) is 17.8. The molecule has 1 atom stereocenters. The Morgan fingerprint density at radius 1 is 1.05 bits per heavy atom. The Bertz CT molecular complexity index is 1340. The highest BCUT2D eigenvalue weighted by molar-refractivity contribution is 6.06. The summed E-state index contributed by atoms with van der Waals surface area (Å²) in [5.74, 6) is -3.64. The molecule has 2 aromatic carbocycles. The number of alkyl halides is 3. The van der Waals surface area contributed by atoms with E-state index in [4.69, 9.17) is 19.9 Å². The third-order valence-electron chi connectivity index (χ3n) is 5.91. The van der Waals surface area contributed by atoms with E-state index in [1.807, 2.05) is 6.07 Å². The van der Waals surface area contributed by atoms with E-state index in [1.165, 1.54) is 6.07 Å². The van der Waals surface area contributed by atoms with Gasteiger partial charge in [-0.3, -0.25) is 4.90 Å². The number of nitrogens with zero attached hydrogens (tertiary/aromatic N) is 2. The minimum Gasteiger partial charge on any atom is -0.490 e. The molecule has 2 aliphatic rings. The number of benzene rings is 2. The first kappa shape index (κ1) is 25.6. The molecule has 1 aliphatic carbocycles. The molecule has 1 unspecified atom stereocenters. The van der Waals surface area contributed by atoms with Crippen LogP contribution in [-0.4, -0.2) is 32.3 Å². The van der Waals surface area contributed by atoms with Crippen LogP contribution >= 0.6 is 0 Å². The summed E-state index contributed by atoms with van der Waals surface area (Å²) < 4.78 is 56.9. The minimum atomic E-state index is -4.77. The van der Waals surface area contributed by atoms with Crippen molar-refractivity contribution in [1.29, 1.82) is 5.26 Å². The number of nitriles is 1. The number of hydrogen-bond acceptors (Lipinski definition) is 8. The Kier molecular flexibility index (Phi) is 6.85. The Labute approximate surface area is 210 Å². The van der Waals surface area contributed by atoms with Crippen LogP contribution in [0.1, 0.15) is 29.9 Å². The number of carbonyl (C=O) groups is 2. The molecule has 2 N–H and O–H groups in total. The van der Waals surface area contributed by atoms with Gasteiger partial charge in [-0.25, -0.2) is 9.59 Å². The van der Waals surface area contributed by atoms with Gasteiger partial charge in [-0.05, 0) is 30.5 Å². The van der Waals surface area contributed by atoms with Crippen molar-refractivity contribution < 1.29 is 37.0 Å². The molecule has 1 saturated carbocycles. The molecule has 0 saturated heterocycles. The lowest BCUT2D eigenvalue weighted by atomic mass is 9.81. The molecule has 1 aliphatic heterocycles. The van der Waals surface area contributed by atoms with Crippen LogP contribution in [0.3, 0.4) is 0 Å². The van der Waals surface area contributed by atoms with Crippen molar-refractivity contribution in [2.45, 2.75) is 31.0 Å². The fraction of sp³-hybridized carbons (Fsp3) is 0.269. The van der Waals surface area contributed by atoms with E-state index < -0.39 is 35.3 Å². The third-order valence-corrected chi connectivity index (χ3v) is 5.91. The summed E-state index contributed by atoms with van der Waals surface area (Å²) in [4.78, 5) is 27.1. The number of rotatable bonds is 6. The van der Waals surface area contributed by atoms with Gasteiger partial charge < -0.3 is 19.9 Å². The van der Waals surface area contributed by atoms with E-state index in [0.717, 1.165) is 31.3 Å². The van der Waals surface area contributed by atoms with Crippen molar-refractivity contribution in [2.75, 3.05) is 19.1 Å². The highest BCUT2D eigenvalue weighted by atomic mass is 19.4. The van der Waals surface area contributed by atoms with Crippen molar-refractivity contribution in [1.82, 2.24) is 0 Å². The number of allylic oxidation sites excluding steroid dienone is 1. The molecule has 0 bridgehead atoms. The largest absolute Gasteiger partial charge is 0.490 e. The first-order valence-corrected chi connectivity index (χ1v) is 11.1. The topological polar surface area (TPSA) is 115 Å². The summed E-state index contributed by atoms with van der Waals surface area (Å²) in [7, 11) is 2.13. The van der Waals surface area contributed by atoms with E-state index in [2.05, 4.69) is 0 Å². The van der Waals surface area contributed by atoms with Crippen LogP contribution in [-0.2, 0) is 25.2 Å². The molecule has 4 rings (SSSR count). The van der Waals surface area contributed by atoms with Crippen molar-refractivity contribution in [3.63, 3.8) is 0 Å². The Morgan fingerprint density at radius 2 is 1.70 bits per heavy atom. The van der Waals surface area contributed by atoms with Gasteiger partial charge in [-0.15, -0.1) is 0 Å². The number of hydrogen-bond donors (Lipinski definition) is 1. The second-order valence-corrected chi connectivity index (χ2v) is 8.37. The smallest absolute Gasteiger partial charge is 0.416 e. The van der Waals surface area contributed by atoms with Crippen LogP contribution in [0.25, 0.3) is 0 Å². The average Bonchev–Trinajstić information content (AvgIpc) is 3.70. The van der Waals surface area contributed by atoms with E-state index >= 15 is 0 Å². The minimum absolute atomic E-state index is 0.104. The monoisotopic (exact) mass is 513 g/mol. The number of halogens is 3. The maximum atomic E-state index is 13.8. The van der Waals surface area contributed by atoms with Crippen LogP contribution in [0.4, 0.5) is 18.9 Å². The van der Waals surface area contributed by atoms with Crippen molar-refractivity contribution in [3.8, 4) is 11.8 Å². The highest BCUT2D eigenvalue weighted by Crippen LogP contribution is 2.45. The number of methoxy groups -OCH3 is 2. The number of esters is 2. The van der Waals surface area contributed by atoms with E-state index in [0.29, 0.717) is 18.4 Å². The second-order valence-electron chi connectivity index (χ2n) is 8.37. The van der Waals surface area contributed by atoms with Gasteiger partial charge in [0.05, 0.1) is 54.7 Å². The summed E-state index contributed by atoms with van der Waals surface area (Å²) in [5, 5.41) is 10.1. The van der Waals surface area contributed by atoms with Crippen molar-refractivity contribution >= 4 is 17.6 Å². The van der Waals surface area contributed by atoms with E-state index in [-0.39, 0.29) is 34.5 Å². The van der Waals surface area contributed by atoms with Gasteiger partial charge in [0.1, 0.15) is 17.3 Å². The first-order chi connectivity index (χ1) is 17.6. The molecule has 0 radical (unpaired) electrons. The maximum Gasteiger partial charge on any atom is 0.416 e. The molecule has 0 amide bonds. The van der Waals surface area contributed by atoms with Crippen molar-refractivity contribution in [3.05, 3.63) is 82.3 Å². The highest BCUT2D eigenvalue weighted by Gasteiger charge is 2.44. The summed E-state index contributed by atoms with van der Waals surface area (Å²) in [6.07, 6.45) is -3.62.